The molecule has 2 aliphatic heterocycles. The number of aromatic nitrogens is 2. The number of aliphatic carboxylic acids is 2. The van der Waals surface area contributed by atoms with Crippen molar-refractivity contribution in [1.29, 1.82) is 0 Å². The Morgan fingerprint density at radius 3 is 2.62 bits per heavy atom. The van der Waals surface area contributed by atoms with E-state index in [4.69, 9.17) is 10.6 Å². The molecule has 1 fully saturated rings. The first-order valence-electron chi connectivity index (χ1n) is 8.84. The molecule has 5 N–H and O–H groups in total. The van der Waals surface area contributed by atoms with Crippen LogP contribution in [0.15, 0.2) is 16.4 Å². The van der Waals surface area contributed by atoms with Gasteiger partial charge in [0.25, 0.3) is 11.8 Å². The van der Waals surface area contributed by atoms with E-state index in [9.17, 15) is 29.4 Å². The molecule has 16 heteroatoms. The summed E-state index contributed by atoms with van der Waals surface area (Å²) in [6.07, 6.45) is 0. The number of carbonyl (C=O) groups is 4. The average Bonchev–Trinajstić information content (AvgIpc) is 3.16. The Hall–Kier alpha value is -2.47. The van der Waals surface area contributed by atoms with Crippen LogP contribution in [-0.2, 0) is 24.0 Å². The number of oxime groups is 1. The van der Waals surface area contributed by atoms with Crippen LogP contribution < -0.4 is 11.1 Å². The zero-order valence-electron chi connectivity index (χ0n) is 16.6. The van der Waals surface area contributed by atoms with Gasteiger partial charge in [0.15, 0.2) is 5.13 Å². The average molecular weight is 596 g/mol. The SMILES string of the molecule is CC(C)(O/N=C(\C(=O)N[C@@H]1C(=O)N2C(C(=O)O)=C(CI)CS[C@@H]12)c1nsc(N)n1)C(=O)O. The number of alkyl halides is 1. The van der Waals surface area contributed by atoms with Gasteiger partial charge in [0.2, 0.25) is 17.1 Å². The van der Waals surface area contributed by atoms with Crippen molar-refractivity contribution in [1.82, 2.24) is 19.6 Å². The van der Waals surface area contributed by atoms with Crippen molar-refractivity contribution in [2.24, 2.45) is 5.16 Å². The minimum absolute atomic E-state index is 0.0364. The normalized spacial score (nSPS) is 21.0. The van der Waals surface area contributed by atoms with Gasteiger partial charge in [-0.15, -0.1) is 11.8 Å². The molecule has 172 valence electrons. The fraction of sp³-hybridized carbons (Fsp3) is 0.438. The van der Waals surface area contributed by atoms with Crippen LogP contribution in [0, 0.1) is 0 Å². The highest BCUT2D eigenvalue weighted by Crippen LogP contribution is 2.40. The minimum Gasteiger partial charge on any atom is -0.478 e. The van der Waals surface area contributed by atoms with E-state index in [-0.39, 0.29) is 16.7 Å². The minimum atomic E-state index is -1.76. The van der Waals surface area contributed by atoms with E-state index < -0.39 is 46.5 Å². The Morgan fingerprint density at radius 1 is 1.41 bits per heavy atom. The number of carboxylic acid groups (broad SMARTS) is 2. The Kier molecular flexibility index (Phi) is 6.94. The Balaban J connectivity index is 1.83. The molecule has 0 bridgehead atoms. The second-order valence-electron chi connectivity index (χ2n) is 7.05. The highest BCUT2D eigenvalue weighted by atomic mass is 127. The van der Waals surface area contributed by atoms with Gasteiger partial charge in [-0.1, -0.05) is 27.7 Å². The fourth-order valence-electron chi connectivity index (χ4n) is 2.71. The number of hydrogen-bond acceptors (Lipinski definition) is 11. The Labute approximate surface area is 202 Å². The van der Waals surface area contributed by atoms with E-state index in [0.29, 0.717) is 15.8 Å². The number of carbonyl (C=O) groups excluding carboxylic acids is 2. The summed E-state index contributed by atoms with van der Waals surface area (Å²) in [6, 6.07) is -1.02. The maximum Gasteiger partial charge on any atom is 0.352 e. The van der Waals surface area contributed by atoms with E-state index in [0.717, 1.165) is 16.4 Å². The van der Waals surface area contributed by atoms with E-state index in [1.54, 1.807) is 0 Å². The maximum atomic E-state index is 12.9. The van der Waals surface area contributed by atoms with Gasteiger partial charge in [-0.05, 0) is 19.4 Å². The number of carboxylic acids is 2. The molecule has 13 nitrogen and oxygen atoms in total. The largest absolute Gasteiger partial charge is 0.478 e. The van der Waals surface area contributed by atoms with E-state index in [1.807, 2.05) is 22.6 Å². The van der Waals surface area contributed by atoms with E-state index in [2.05, 4.69) is 19.8 Å². The molecule has 0 spiro atoms. The number of rotatable bonds is 8. The number of thioether (sulfide) groups is 1. The molecule has 0 unspecified atom stereocenters. The molecule has 0 aromatic carbocycles. The van der Waals surface area contributed by atoms with Crippen LogP contribution in [0.2, 0.25) is 0 Å². The van der Waals surface area contributed by atoms with E-state index >= 15 is 0 Å². The molecule has 32 heavy (non-hydrogen) atoms. The lowest BCUT2D eigenvalue weighted by Crippen LogP contribution is -2.71. The molecule has 1 aromatic rings. The third kappa shape index (κ3) is 4.51. The van der Waals surface area contributed by atoms with Gasteiger partial charge in [-0.25, -0.2) is 9.59 Å². The lowest BCUT2D eigenvalue weighted by Gasteiger charge is -2.49. The van der Waals surface area contributed by atoms with E-state index in [1.165, 1.54) is 25.6 Å². The molecule has 0 aliphatic carbocycles. The second kappa shape index (κ2) is 9.18. The molecule has 0 saturated carbocycles. The number of nitrogens with one attached hydrogen (secondary N) is 1. The third-order valence-electron chi connectivity index (χ3n) is 4.45. The predicted molar refractivity (Wildman–Crippen MR) is 122 cm³/mol. The lowest BCUT2D eigenvalue weighted by atomic mass is 10.0. The van der Waals surface area contributed by atoms with Crippen molar-refractivity contribution < 1.29 is 34.2 Å². The summed E-state index contributed by atoms with van der Waals surface area (Å²) in [5.41, 5.74) is 3.87. The molecule has 2 amide bonds. The van der Waals surface area contributed by atoms with Crippen LogP contribution in [0.4, 0.5) is 5.13 Å². The van der Waals surface area contributed by atoms with Crippen molar-refractivity contribution in [2.75, 3.05) is 15.9 Å². The van der Waals surface area contributed by atoms with Gasteiger partial charge in [0.05, 0.1) is 0 Å². The Bertz CT molecular complexity index is 1060. The first-order chi connectivity index (χ1) is 15.0. The molecule has 0 radical (unpaired) electrons. The zero-order valence-corrected chi connectivity index (χ0v) is 20.4. The van der Waals surface area contributed by atoms with Gasteiger partial charge in [0.1, 0.15) is 17.1 Å². The van der Waals surface area contributed by atoms with Gasteiger partial charge >= 0.3 is 11.9 Å². The van der Waals surface area contributed by atoms with Gasteiger partial charge in [-0.2, -0.15) is 9.36 Å². The molecule has 1 aromatic heterocycles. The number of nitrogen functional groups attached to an aromatic ring is 1. The number of halogens is 1. The smallest absolute Gasteiger partial charge is 0.352 e. The number of nitrogens with two attached hydrogens (primary N) is 1. The number of nitrogens with zero attached hydrogens (tertiary/aromatic N) is 4. The van der Waals surface area contributed by atoms with Crippen LogP contribution in [0.5, 0.6) is 0 Å². The summed E-state index contributed by atoms with van der Waals surface area (Å²) in [7, 11) is 0. The first kappa shape index (κ1) is 24.2. The van der Waals surface area contributed by atoms with Crippen LogP contribution in [0.25, 0.3) is 0 Å². The summed E-state index contributed by atoms with van der Waals surface area (Å²) in [5.74, 6) is -3.84. The van der Waals surface area contributed by atoms with Crippen molar-refractivity contribution in [3.8, 4) is 0 Å². The molecule has 3 heterocycles. The van der Waals surface area contributed by atoms with Crippen LogP contribution in [0.3, 0.4) is 0 Å². The molecule has 2 aliphatic rings. The summed E-state index contributed by atoms with van der Waals surface area (Å²) in [5, 5.41) is 24.2. The molecular formula is C16H17IN6O7S2. The van der Waals surface area contributed by atoms with Crippen molar-refractivity contribution >= 4 is 80.5 Å². The number of fused-ring (bicyclic) bond motifs is 1. The number of hydrogen-bond donors (Lipinski definition) is 4. The predicted octanol–water partition coefficient (Wildman–Crippen LogP) is -0.122. The fourth-order valence-corrected chi connectivity index (χ4v) is 5.49. The van der Waals surface area contributed by atoms with Crippen molar-refractivity contribution in [2.45, 2.75) is 30.9 Å². The highest BCUT2D eigenvalue weighted by molar-refractivity contribution is 14.1. The maximum absolute atomic E-state index is 12.9. The van der Waals surface area contributed by atoms with Gasteiger partial charge in [-0.3, -0.25) is 14.5 Å². The number of amides is 2. The lowest BCUT2D eigenvalue weighted by molar-refractivity contribution is -0.161. The summed E-state index contributed by atoms with van der Waals surface area (Å²) in [6.45, 7) is 2.46. The summed E-state index contributed by atoms with van der Waals surface area (Å²) >= 11 is 4.14. The topological polar surface area (TPSA) is 197 Å². The molecular weight excluding hydrogens is 579 g/mol. The molecule has 3 rings (SSSR count). The Morgan fingerprint density at radius 2 is 2.09 bits per heavy atom. The monoisotopic (exact) mass is 596 g/mol. The third-order valence-corrected chi connectivity index (χ3v) is 7.25. The summed E-state index contributed by atoms with van der Waals surface area (Å²) < 4.78 is 4.34. The zero-order chi connectivity index (χ0) is 23.8. The first-order valence-corrected chi connectivity index (χ1v) is 12.2. The standard InChI is InChI=1S/C16H17IN6O7S2/c1-16(2,14(28)29)30-21-6(9-20-15(18)32-22-9)10(24)19-7-11(25)23-8(13(26)27)5(3-17)4-31-12(7)23/h7,12H,3-4H2,1-2H3,(H,19,24)(H,26,27)(H,28,29)(H2,18,20,22)/b21-6-/t7-,12+/m1/s1. The van der Waals surface area contributed by atoms with Crippen molar-refractivity contribution in [3.05, 3.63) is 17.1 Å². The quantitative estimate of drug-likeness (QED) is 0.103. The molecule has 2 atom stereocenters. The van der Waals surface area contributed by atoms with Crippen LogP contribution >= 0.6 is 45.9 Å². The van der Waals surface area contributed by atoms with Gasteiger partial charge < -0.3 is 26.1 Å². The van der Waals surface area contributed by atoms with Crippen molar-refractivity contribution in [3.63, 3.8) is 0 Å². The second-order valence-corrected chi connectivity index (χ2v) is 9.71. The summed E-state index contributed by atoms with van der Waals surface area (Å²) in [4.78, 5) is 58.5. The van der Waals surface area contributed by atoms with Crippen LogP contribution in [0.1, 0.15) is 19.7 Å². The molecule has 1 saturated heterocycles. The number of β-lactam (4-membered cyclic amide) rings is 1. The van der Waals surface area contributed by atoms with Gasteiger partial charge in [0, 0.05) is 21.7 Å². The number of anilines is 1. The van der Waals surface area contributed by atoms with Crippen LogP contribution in [-0.4, -0.2) is 81.1 Å². The highest BCUT2D eigenvalue weighted by Gasteiger charge is 2.54.